The Morgan fingerprint density at radius 3 is 2.02 bits per heavy atom. The van der Waals surface area contributed by atoms with E-state index in [0.717, 1.165) is 42.6 Å². The van der Waals surface area contributed by atoms with E-state index in [-0.39, 0.29) is 5.69 Å². The molecular weight excluding hydrogens is 559 g/mol. The van der Waals surface area contributed by atoms with Gasteiger partial charge in [0.05, 0.1) is 17.3 Å². The van der Waals surface area contributed by atoms with Gasteiger partial charge in [-0.25, -0.2) is 18.6 Å². The highest BCUT2D eigenvalue weighted by atomic mass is 19.4. The van der Waals surface area contributed by atoms with Crippen LogP contribution in [0.3, 0.4) is 0 Å². The zero-order valence-corrected chi connectivity index (χ0v) is 19.4. The number of rotatable bonds is 7. The Kier molecular flexibility index (Phi) is 7.79. The zero-order chi connectivity index (χ0) is 29.1. The van der Waals surface area contributed by atoms with Crippen LogP contribution in [0, 0.1) is 17.5 Å². The lowest BCUT2D eigenvalue weighted by molar-refractivity contribution is -0.274. The molecular formula is C24H13F9N6O. The monoisotopic (exact) mass is 572 g/mol. The highest BCUT2D eigenvalue weighted by Crippen LogP contribution is 2.34. The van der Waals surface area contributed by atoms with Gasteiger partial charge in [0.25, 0.3) is 0 Å². The predicted octanol–water partition coefficient (Wildman–Crippen LogP) is 7.06. The molecule has 0 saturated carbocycles. The third kappa shape index (κ3) is 7.15. The normalized spacial score (nSPS) is 12.0. The minimum atomic E-state index is -5.01. The summed E-state index contributed by atoms with van der Waals surface area (Å²) in [6.07, 6.45) is -8.76. The van der Waals surface area contributed by atoms with E-state index in [1.807, 2.05) is 0 Å². The molecule has 0 radical (unpaired) electrons. The van der Waals surface area contributed by atoms with Crippen LogP contribution in [0.15, 0.2) is 65.8 Å². The van der Waals surface area contributed by atoms with E-state index in [4.69, 9.17) is 0 Å². The molecule has 0 fully saturated rings. The largest absolute Gasteiger partial charge is 0.573 e. The lowest BCUT2D eigenvalue weighted by Crippen LogP contribution is -2.17. The Bertz CT molecular complexity index is 1520. The third-order valence-corrected chi connectivity index (χ3v) is 4.84. The smallest absolute Gasteiger partial charge is 0.406 e. The fraction of sp³-hybridized carbons (Fsp3) is 0.0833. The van der Waals surface area contributed by atoms with Gasteiger partial charge >= 0.3 is 12.5 Å². The first-order chi connectivity index (χ1) is 18.8. The summed E-state index contributed by atoms with van der Waals surface area (Å²) in [7, 11) is 0. The number of nitrogens with zero attached hydrogens (tertiary/aromatic N) is 4. The molecule has 4 aromatic rings. The molecule has 208 valence electrons. The highest BCUT2D eigenvalue weighted by Gasteiger charge is 2.34. The number of benzene rings is 3. The zero-order valence-electron chi connectivity index (χ0n) is 19.4. The molecule has 3 aromatic carbocycles. The second kappa shape index (κ2) is 11.1. The van der Waals surface area contributed by atoms with Gasteiger partial charge in [0, 0.05) is 5.69 Å². The molecule has 0 aliphatic carbocycles. The molecule has 1 heterocycles. The summed E-state index contributed by atoms with van der Waals surface area (Å²) >= 11 is 0. The van der Waals surface area contributed by atoms with Crippen LogP contribution in [-0.2, 0) is 6.18 Å². The van der Waals surface area contributed by atoms with Crippen LogP contribution in [0.5, 0.6) is 5.75 Å². The first kappa shape index (κ1) is 28.1. The molecule has 0 saturated heterocycles. The Morgan fingerprint density at radius 1 is 0.750 bits per heavy atom. The van der Waals surface area contributed by atoms with E-state index in [1.54, 1.807) is 0 Å². The van der Waals surface area contributed by atoms with Crippen molar-refractivity contribution in [2.24, 2.45) is 5.10 Å². The van der Waals surface area contributed by atoms with E-state index in [1.165, 1.54) is 12.1 Å². The van der Waals surface area contributed by atoms with E-state index in [2.05, 4.69) is 35.5 Å². The summed E-state index contributed by atoms with van der Waals surface area (Å²) in [5, 5.41) is 6.19. The van der Waals surface area contributed by atoms with Crippen molar-refractivity contribution in [3.63, 3.8) is 0 Å². The Morgan fingerprint density at radius 2 is 1.40 bits per heavy atom. The van der Waals surface area contributed by atoms with E-state index in [9.17, 15) is 39.5 Å². The number of aromatic nitrogens is 3. The molecule has 0 spiro atoms. The predicted molar refractivity (Wildman–Crippen MR) is 124 cm³/mol. The second-order valence-corrected chi connectivity index (χ2v) is 7.71. The molecule has 2 N–H and O–H groups in total. The molecule has 4 rings (SSSR count). The minimum absolute atomic E-state index is 0.292. The van der Waals surface area contributed by atoms with Crippen LogP contribution in [0.2, 0.25) is 0 Å². The minimum Gasteiger partial charge on any atom is -0.406 e. The molecule has 1 aromatic heterocycles. The van der Waals surface area contributed by atoms with Crippen molar-refractivity contribution >= 4 is 23.8 Å². The van der Waals surface area contributed by atoms with Crippen LogP contribution < -0.4 is 15.5 Å². The van der Waals surface area contributed by atoms with Crippen molar-refractivity contribution in [2.75, 3.05) is 10.7 Å². The van der Waals surface area contributed by atoms with Crippen LogP contribution in [0.25, 0.3) is 11.4 Å². The summed E-state index contributed by atoms with van der Waals surface area (Å²) in [5.74, 6) is -5.62. The number of anilines is 3. The molecule has 16 heteroatoms. The van der Waals surface area contributed by atoms with Gasteiger partial charge in [0.1, 0.15) is 23.2 Å². The van der Waals surface area contributed by atoms with Crippen molar-refractivity contribution in [1.29, 1.82) is 0 Å². The fourth-order valence-corrected chi connectivity index (χ4v) is 3.17. The SMILES string of the molecule is Fc1ccc(Nc2nc(N/N=C/c3ccc(OC(F)(F)F)cc3)nc(-c3c(F)cccc3F)n2)cc1C(F)(F)F. The second-order valence-electron chi connectivity index (χ2n) is 7.71. The highest BCUT2D eigenvalue weighted by molar-refractivity contribution is 5.80. The quantitative estimate of drug-likeness (QED) is 0.140. The van der Waals surface area contributed by atoms with E-state index in [0.29, 0.717) is 17.7 Å². The Balaban J connectivity index is 1.64. The maximum atomic E-state index is 14.4. The number of alkyl halides is 6. The van der Waals surface area contributed by atoms with Crippen LogP contribution in [0.4, 0.5) is 57.1 Å². The number of hydrazone groups is 1. The van der Waals surface area contributed by atoms with Gasteiger partial charge < -0.3 is 10.1 Å². The van der Waals surface area contributed by atoms with Gasteiger partial charge in [-0.15, -0.1) is 13.2 Å². The van der Waals surface area contributed by atoms with Gasteiger partial charge in [0.15, 0.2) is 5.82 Å². The number of hydrogen-bond acceptors (Lipinski definition) is 7. The lowest BCUT2D eigenvalue weighted by atomic mass is 10.2. The molecule has 40 heavy (non-hydrogen) atoms. The third-order valence-electron chi connectivity index (χ3n) is 4.84. The van der Waals surface area contributed by atoms with E-state index < -0.39 is 64.6 Å². The van der Waals surface area contributed by atoms with Crippen molar-refractivity contribution < 1.29 is 44.3 Å². The molecule has 0 aliphatic rings. The Hall–Kier alpha value is -4.89. The number of nitrogens with one attached hydrogen (secondary N) is 2. The summed E-state index contributed by atoms with van der Waals surface area (Å²) in [6, 6.07) is 9.39. The van der Waals surface area contributed by atoms with E-state index >= 15 is 0 Å². The number of halogens is 9. The first-order valence-electron chi connectivity index (χ1n) is 10.8. The van der Waals surface area contributed by atoms with Crippen LogP contribution in [-0.4, -0.2) is 27.5 Å². The molecule has 0 bridgehead atoms. The van der Waals surface area contributed by atoms with Gasteiger partial charge in [0.2, 0.25) is 11.9 Å². The number of ether oxygens (including phenoxy) is 1. The van der Waals surface area contributed by atoms with Crippen LogP contribution >= 0.6 is 0 Å². The maximum absolute atomic E-state index is 14.4. The lowest BCUT2D eigenvalue weighted by Gasteiger charge is -2.12. The molecule has 7 nitrogen and oxygen atoms in total. The van der Waals surface area contributed by atoms with Crippen molar-refractivity contribution in [1.82, 2.24) is 15.0 Å². The average Bonchev–Trinajstić information content (AvgIpc) is 2.85. The summed E-state index contributed by atoms with van der Waals surface area (Å²) in [5.41, 5.74) is 0.0530. The maximum Gasteiger partial charge on any atom is 0.573 e. The first-order valence-corrected chi connectivity index (χ1v) is 10.8. The summed E-state index contributed by atoms with van der Waals surface area (Å²) in [6.45, 7) is 0. The molecule has 0 amide bonds. The average molecular weight is 572 g/mol. The van der Waals surface area contributed by atoms with Gasteiger partial charge in [-0.3, -0.25) is 0 Å². The topological polar surface area (TPSA) is 84.3 Å². The van der Waals surface area contributed by atoms with Gasteiger partial charge in [-0.2, -0.15) is 33.2 Å². The standard InChI is InChI=1S/C24H13F9N6O/c25-16-9-6-13(10-15(16)23(28,29)30)35-21-36-20(19-17(26)2-1-3-18(19)27)37-22(38-21)39-34-11-12-4-7-14(8-5-12)40-24(31,32)33/h1-11H,(H2,35,36,37,38,39)/b34-11+. The van der Waals surface area contributed by atoms with Gasteiger partial charge in [-0.1, -0.05) is 6.07 Å². The Labute approximate surface area is 218 Å². The molecule has 0 unspecified atom stereocenters. The summed E-state index contributed by atoms with van der Waals surface area (Å²) < 4.78 is 122. The number of hydrogen-bond donors (Lipinski definition) is 2. The van der Waals surface area contributed by atoms with Crippen molar-refractivity contribution in [3.8, 4) is 17.1 Å². The fourth-order valence-electron chi connectivity index (χ4n) is 3.17. The van der Waals surface area contributed by atoms with Crippen LogP contribution in [0.1, 0.15) is 11.1 Å². The summed E-state index contributed by atoms with van der Waals surface area (Å²) in [4.78, 5) is 11.6. The van der Waals surface area contributed by atoms with Crippen molar-refractivity contribution in [3.05, 3.63) is 89.2 Å². The van der Waals surface area contributed by atoms with Crippen molar-refractivity contribution in [2.45, 2.75) is 12.5 Å². The molecule has 0 atom stereocenters. The van der Waals surface area contributed by atoms with Gasteiger partial charge in [-0.05, 0) is 60.2 Å². The molecule has 0 aliphatic heterocycles.